The second-order valence-electron chi connectivity index (χ2n) is 3.42. The molecule has 70 valence electrons. The summed E-state index contributed by atoms with van der Waals surface area (Å²) in [7, 11) is 0. The topological polar surface area (TPSA) is 38.3 Å². The summed E-state index contributed by atoms with van der Waals surface area (Å²) in [6.45, 7) is 5.44. The van der Waals surface area contributed by atoms with E-state index in [1.165, 1.54) is 0 Å². The van der Waals surface area contributed by atoms with E-state index in [0.29, 0.717) is 25.0 Å². The van der Waals surface area contributed by atoms with Crippen LogP contribution >= 0.6 is 0 Å². The molecule has 0 bridgehead atoms. The second kappa shape index (κ2) is 4.45. The van der Waals surface area contributed by atoms with E-state index in [1.807, 2.05) is 6.92 Å². The first-order chi connectivity index (χ1) is 5.72. The van der Waals surface area contributed by atoms with Gasteiger partial charge in [-0.1, -0.05) is 0 Å². The monoisotopic (exact) mass is 171 g/mol. The van der Waals surface area contributed by atoms with E-state index in [9.17, 15) is 4.79 Å². The van der Waals surface area contributed by atoms with Crippen LogP contribution in [0.3, 0.4) is 0 Å². The summed E-state index contributed by atoms with van der Waals surface area (Å²) in [5.74, 6) is 0.428. The fraction of sp³-hybridized carbons (Fsp3) is 0.889. The van der Waals surface area contributed by atoms with Gasteiger partial charge in [0.15, 0.2) is 0 Å². The third kappa shape index (κ3) is 2.81. The van der Waals surface area contributed by atoms with E-state index in [-0.39, 0.29) is 5.97 Å². The molecule has 1 N–H and O–H groups in total. The minimum absolute atomic E-state index is 0.0570. The Morgan fingerprint density at radius 3 is 2.92 bits per heavy atom. The first-order valence-corrected chi connectivity index (χ1v) is 4.61. The quantitative estimate of drug-likeness (QED) is 0.642. The predicted octanol–water partition coefficient (Wildman–Crippen LogP) is 0.938. The summed E-state index contributed by atoms with van der Waals surface area (Å²) in [6, 6.07) is 0.560. The molecule has 0 aromatic rings. The van der Waals surface area contributed by atoms with E-state index in [4.69, 9.17) is 4.74 Å². The van der Waals surface area contributed by atoms with Gasteiger partial charge < -0.3 is 10.1 Å². The minimum atomic E-state index is -0.0570. The van der Waals surface area contributed by atoms with Crippen LogP contribution in [0.15, 0.2) is 0 Å². The zero-order chi connectivity index (χ0) is 8.97. The van der Waals surface area contributed by atoms with E-state index in [0.717, 1.165) is 13.0 Å². The average molecular weight is 171 g/mol. The van der Waals surface area contributed by atoms with Gasteiger partial charge in [-0.15, -0.1) is 0 Å². The first-order valence-electron chi connectivity index (χ1n) is 4.61. The fourth-order valence-electron chi connectivity index (χ4n) is 1.65. The van der Waals surface area contributed by atoms with Crippen LogP contribution in [0.5, 0.6) is 0 Å². The Hall–Kier alpha value is -0.570. The number of carbonyl (C=O) groups is 1. The fourth-order valence-corrected chi connectivity index (χ4v) is 1.65. The molecular formula is C9H17NO2. The van der Waals surface area contributed by atoms with Crippen molar-refractivity contribution in [2.24, 2.45) is 5.92 Å². The largest absolute Gasteiger partial charge is 0.466 e. The molecule has 0 radical (unpaired) electrons. The lowest BCUT2D eigenvalue weighted by molar-refractivity contribution is -0.144. The lowest BCUT2D eigenvalue weighted by Crippen LogP contribution is -2.17. The van der Waals surface area contributed by atoms with Crippen molar-refractivity contribution >= 4 is 5.97 Å². The van der Waals surface area contributed by atoms with Crippen molar-refractivity contribution in [2.75, 3.05) is 13.2 Å². The maximum atomic E-state index is 11.1. The van der Waals surface area contributed by atoms with Crippen molar-refractivity contribution in [3.8, 4) is 0 Å². The second-order valence-corrected chi connectivity index (χ2v) is 3.42. The van der Waals surface area contributed by atoms with Gasteiger partial charge >= 0.3 is 5.97 Å². The predicted molar refractivity (Wildman–Crippen MR) is 46.8 cm³/mol. The molecule has 1 aliphatic heterocycles. The van der Waals surface area contributed by atoms with Crippen molar-refractivity contribution in [1.82, 2.24) is 5.32 Å². The van der Waals surface area contributed by atoms with Crippen LogP contribution in [0.4, 0.5) is 0 Å². The highest BCUT2D eigenvalue weighted by molar-refractivity contribution is 5.69. The van der Waals surface area contributed by atoms with Crippen molar-refractivity contribution in [3.63, 3.8) is 0 Å². The summed E-state index contributed by atoms with van der Waals surface area (Å²) in [6.07, 6.45) is 1.67. The molecule has 0 aromatic carbocycles. The van der Waals surface area contributed by atoms with Crippen molar-refractivity contribution < 1.29 is 9.53 Å². The van der Waals surface area contributed by atoms with Crippen molar-refractivity contribution in [1.29, 1.82) is 0 Å². The summed E-state index contributed by atoms with van der Waals surface area (Å²) >= 11 is 0. The van der Waals surface area contributed by atoms with Gasteiger partial charge in [0.2, 0.25) is 0 Å². The van der Waals surface area contributed by atoms with Crippen LogP contribution < -0.4 is 5.32 Å². The molecule has 3 heteroatoms. The Balaban J connectivity index is 2.18. The van der Waals surface area contributed by atoms with Crippen LogP contribution in [0.2, 0.25) is 0 Å². The van der Waals surface area contributed by atoms with E-state index in [1.54, 1.807) is 0 Å². The number of nitrogens with one attached hydrogen (secondary N) is 1. The number of hydrogen-bond donors (Lipinski definition) is 1. The molecule has 0 aromatic heterocycles. The highest BCUT2D eigenvalue weighted by Crippen LogP contribution is 2.17. The molecule has 3 nitrogen and oxygen atoms in total. The smallest absolute Gasteiger partial charge is 0.306 e. The zero-order valence-corrected chi connectivity index (χ0v) is 7.80. The first kappa shape index (κ1) is 9.52. The Morgan fingerprint density at radius 2 is 2.42 bits per heavy atom. The van der Waals surface area contributed by atoms with Gasteiger partial charge in [0.1, 0.15) is 0 Å². The molecule has 0 spiro atoms. The number of hydrogen-bond acceptors (Lipinski definition) is 3. The highest BCUT2D eigenvalue weighted by Gasteiger charge is 2.23. The lowest BCUT2D eigenvalue weighted by Gasteiger charge is -2.06. The third-order valence-electron chi connectivity index (χ3n) is 2.20. The standard InChI is InChI=1S/C9H17NO2/c1-3-12-9(11)5-8-4-7(2)10-6-8/h7-8,10H,3-6H2,1-2H3. The normalized spacial score (nSPS) is 28.8. The lowest BCUT2D eigenvalue weighted by atomic mass is 10.0. The van der Waals surface area contributed by atoms with Gasteiger partial charge in [-0.05, 0) is 32.7 Å². The molecule has 0 saturated carbocycles. The number of esters is 1. The Kier molecular flexibility index (Phi) is 3.53. The van der Waals surface area contributed by atoms with E-state index >= 15 is 0 Å². The maximum absolute atomic E-state index is 11.1. The van der Waals surface area contributed by atoms with Crippen molar-refractivity contribution in [2.45, 2.75) is 32.7 Å². The third-order valence-corrected chi connectivity index (χ3v) is 2.20. The minimum Gasteiger partial charge on any atom is -0.466 e. The number of ether oxygens (including phenoxy) is 1. The van der Waals surface area contributed by atoms with Crippen molar-refractivity contribution in [3.05, 3.63) is 0 Å². The van der Waals surface area contributed by atoms with Crippen LogP contribution in [0.25, 0.3) is 0 Å². The van der Waals surface area contributed by atoms with E-state index < -0.39 is 0 Å². The van der Waals surface area contributed by atoms with Gasteiger partial charge in [-0.25, -0.2) is 0 Å². The molecule has 0 aliphatic carbocycles. The van der Waals surface area contributed by atoms with Gasteiger partial charge in [-0.3, -0.25) is 4.79 Å². The zero-order valence-electron chi connectivity index (χ0n) is 7.80. The maximum Gasteiger partial charge on any atom is 0.306 e. The number of rotatable bonds is 3. The molecule has 1 rings (SSSR count). The SMILES string of the molecule is CCOC(=O)CC1CNC(C)C1. The Labute approximate surface area is 73.5 Å². The molecule has 2 unspecified atom stereocenters. The van der Waals surface area contributed by atoms with E-state index in [2.05, 4.69) is 12.2 Å². The molecular weight excluding hydrogens is 154 g/mol. The summed E-state index contributed by atoms with van der Waals surface area (Å²) in [5, 5.41) is 3.31. The molecule has 1 heterocycles. The molecule has 0 amide bonds. The van der Waals surface area contributed by atoms with Crippen LogP contribution in [-0.4, -0.2) is 25.2 Å². The van der Waals surface area contributed by atoms with Gasteiger partial charge in [0.05, 0.1) is 6.61 Å². The molecule has 1 fully saturated rings. The summed E-state index contributed by atoms with van der Waals surface area (Å²) in [5.41, 5.74) is 0. The Morgan fingerprint density at radius 1 is 1.67 bits per heavy atom. The Bertz CT molecular complexity index is 159. The van der Waals surface area contributed by atoms with Crippen LogP contribution in [-0.2, 0) is 9.53 Å². The highest BCUT2D eigenvalue weighted by atomic mass is 16.5. The summed E-state index contributed by atoms with van der Waals surface area (Å²) < 4.78 is 4.87. The van der Waals surface area contributed by atoms with Crippen LogP contribution in [0, 0.1) is 5.92 Å². The molecule has 1 aliphatic rings. The van der Waals surface area contributed by atoms with Gasteiger partial charge in [0.25, 0.3) is 0 Å². The molecule has 12 heavy (non-hydrogen) atoms. The van der Waals surface area contributed by atoms with Crippen LogP contribution in [0.1, 0.15) is 26.7 Å². The van der Waals surface area contributed by atoms with Gasteiger partial charge in [0, 0.05) is 12.5 Å². The average Bonchev–Trinajstić information content (AvgIpc) is 2.36. The molecule has 1 saturated heterocycles. The number of carbonyl (C=O) groups excluding carboxylic acids is 1. The molecule has 2 atom stereocenters. The van der Waals surface area contributed by atoms with Gasteiger partial charge in [-0.2, -0.15) is 0 Å². The summed E-state index contributed by atoms with van der Waals surface area (Å²) in [4.78, 5) is 11.1.